The van der Waals surface area contributed by atoms with Gasteiger partial charge in [-0.1, -0.05) is 0 Å². The Labute approximate surface area is 178 Å². The Morgan fingerprint density at radius 3 is 1.74 bits per heavy atom. The summed E-state index contributed by atoms with van der Waals surface area (Å²) in [6.45, 7) is -1.19. The summed E-state index contributed by atoms with van der Waals surface area (Å²) in [6.07, 6.45) is -14.5. The Hall–Kier alpha value is -0.560. The minimum Gasteiger partial charge on any atom is -0.394 e. The highest BCUT2D eigenvalue weighted by atomic mass is 16.7. The zero-order valence-corrected chi connectivity index (χ0v) is 16.7. The van der Waals surface area contributed by atoms with Crippen molar-refractivity contribution in [2.45, 2.75) is 92.1 Å². The molecule has 182 valence electrons. The molecule has 0 aromatic heterocycles. The standard InChI is InChI=1S/C17H33N3O11/c18-4-1-5(19)14(30-16-8(20)12(26)10(24)6(2-21)28-16)15(9(4)23)31-17-13(27)11(25)7(3-22)29-17/h4-17,21-27H,1-3,18-20H2/t4-,5?,6?,7-,8?,9?,10-,11?,12?,13?,14-,15?,16-,17+/m1/s1. The van der Waals surface area contributed by atoms with Crippen LogP contribution in [0.3, 0.4) is 0 Å². The maximum absolute atomic E-state index is 10.6. The maximum atomic E-state index is 10.6. The predicted octanol–water partition coefficient (Wildman–Crippen LogP) is -6.62. The lowest BCUT2D eigenvalue weighted by Gasteiger charge is -2.47. The molecule has 14 nitrogen and oxygen atoms in total. The van der Waals surface area contributed by atoms with Gasteiger partial charge in [-0.2, -0.15) is 0 Å². The second-order valence-corrected chi connectivity index (χ2v) is 8.25. The molecule has 1 saturated carbocycles. The normalized spacial score (nSPS) is 53.6. The van der Waals surface area contributed by atoms with Crippen LogP contribution in [0.2, 0.25) is 0 Å². The Morgan fingerprint density at radius 2 is 1.16 bits per heavy atom. The molecule has 2 heterocycles. The summed E-state index contributed by atoms with van der Waals surface area (Å²) in [5, 5.41) is 69.4. The van der Waals surface area contributed by atoms with E-state index in [0.717, 1.165) is 0 Å². The van der Waals surface area contributed by atoms with Crippen LogP contribution >= 0.6 is 0 Å². The monoisotopic (exact) mass is 455 g/mol. The molecular weight excluding hydrogens is 422 g/mol. The van der Waals surface area contributed by atoms with E-state index in [0.29, 0.717) is 0 Å². The van der Waals surface area contributed by atoms with E-state index in [9.17, 15) is 35.7 Å². The molecule has 14 heteroatoms. The summed E-state index contributed by atoms with van der Waals surface area (Å²) in [4.78, 5) is 0. The van der Waals surface area contributed by atoms with Crippen molar-refractivity contribution in [1.82, 2.24) is 0 Å². The van der Waals surface area contributed by atoms with Crippen molar-refractivity contribution in [3.05, 3.63) is 0 Å². The van der Waals surface area contributed by atoms with Crippen molar-refractivity contribution in [3.8, 4) is 0 Å². The number of nitrogens with two attached hydrogens (primary N) is 3. The van der Waals surface area contributed by atoms with Gasteiger partial charge < -0.3 is 71.9 Å². The smallest absolute Gasteiger partial charge is 0.187 e. The van der Waals surface area contributed by atoms with Crippen molar-refractivity contribution >= 4 is 0 Å². The van der Waals surface area contributed by atoms with Gasteiger partial charge in [-0.05, 0) is 6.42 Å². The van der Waals surface area contributed by atoms with Crippen LogP contribution in [0.5, 0.6) is 0 Å². The van der Waals surface area contributed by atoms with Crippen LogP contribution in [0.25, 0.3) is 0 Å². The molecule has 13 N–H and O–H groups in total. The first kappa shape index (κ1) is 25.1. The van der Waals surface area contributed by atoms with E-state index in [1.807, 2.05) is 0 Å². The molecule has 3 fully saturated rings. The lowest BCUT2D eigenvalue weighted by molar-refractivity contribution is -0.310. The maximum Gasteiger partial charge on any atom is 0.187 e. The van der Waals surface area contributed by atoms with Gasteiger partial charge in [-0.3, -0.25) is 0 Å². The van der Waals surface area contributed by atoms with E-state index in [4.69, 9.17) is 36.1 Å². The fourth-order valence-corrected chi connectivity index (χ4v) is 4.12. The quantitative estimate of drug-likeness (QED) is 0.179. The molecule has 0 aromatic rings. The molecule has 31 heavy (non-hydrogen) atoms. The molecule has 3 aliphatic rings. The molecule has 2 saturated heterocycles. The first-order valence-electron chi connectivity index (χ1n) is 10.1. The first-order chi connectivity index (χ1) is 14.6. The fraction of sp³-hybridized carbons (Fsp3) is 1.00. The highest BCUT2D eigenvalue weighted by Gasteiger charge is 2.52. The van der Waals surface area contributed by atoms with Gasteiger partial charge in [0.2, 0.25) is 0 Å². The average molecular weight is 455 g/mol. The lowest BCUT2D eigenvalue weighted by Crippen LogP contribution is -2.68. The van der Waals surface area contributed by atoms with Crippen molar-refractivity contribution in [2.24, 2.45) is 17.2 Å². The van der Waals surface area contributed by atoms with Gasteiger partial charge in [0.1, 0.15) is 48.8 Å². The summed E-state index contributed by atoms with van der Waals surface area (Å²) in [5.74, 6) is 0. The number of aliphatic hydroxyl groups is 7. The molecule has 2 aliphatic heterocycles. The summed E-state index contributed by atoms with van der Waals surface area (Å²) >= 11 is 0. The lowest BCUT2D eigenvalue weighted by atomic mass is 9.84. The molecule has 0 spiro atoms. The predicted molar refractivity (Wildman–Crippen MR) is 99.8 cm³/mol. The van der Waals surface area contributed by atoms with E-state index in [1.54, 1.807) is 0 Å². The Kier molecular flexibility index (Phi) is 8.21. The van der Waals surface area contributed by atoms with Crippen molar-refractivity contribution in [3.63, 3.8) is 0 Å². The van der Waals surface area contributed by atoms with Crippen LogP contribution < -0.4 is 17.2 Å². The Bertz CT molecular complexity index is 590. The van der Waals surface area contributed by atoms with Crippen LogP contribution in [-0.4, -0.2) is 135 Å². The van der Waals surface area contributed by atoms with E-state index in [1.165, 1.54) is 0 Å². The molecule has 14 atom stereocenters. The minimum absolute atomic E-state index is 0.123. The van der Waals surface area contributed by atoms with Gasteiger partial charge in [0, 0.05) is 12.1 Å². The molecule has 0 radical (unpaired) electrons. The molecule has 1 aliphatic carbocycles. The molecule has 3 rings (SSSR count). The van der Waals surface area contributed by atoms with Crippen LogP contribution in [-0.2, 0) is 18.9 Å². The average Bonchev–Trinajstić information content (AvgIpc) is 3.02. The van der Waals surface area contributed by atoms with E-state index >= 15 is 0 Å². The van der Waals surface area contributed by atoms with Crippen molar-refractivity contribution < 1.29 is 54.7 Å². The SMILES string of the molecule is NC1C(O)[C@H](O)C(CO)O[C@@H]1O[C@@H]1C(N)C[C@@H](N)C(O)C1O[C@@H]1O[C@H](CO)C(O)C1O. The number of aliphatic hydroxyl groups excluding tert-OH is 7. The zero-order valence-electron chi connectivity index (χ0n) is 16.7. The van der Waals surface area contributed by atoms with Gasteiger partial charge >= 0.3 is 0 Å². The third-order valence-electron chi connectivity index (χ3n) is 6.07. The summed E-state index contributed by atoms with van der Waals surface area (Å²) in [6, 6.07) is -2.82. The number of rotatable bonds is 6. The number of hydrogen-bond acceptors (Lipinski definition) is 14. The second kappa shape index (κ2) is 10.1. The highest BCUT2D eigenvalue weighted by molar-refractivity contribution is 5.01. The highest BCUT2D eigenvalue weighted by Crippen LogP contribution is 2.32. The molecular formula is C17H33N3O11. The number of ether oxygens (including phenoxy) is 4. The second-order valence-electron chi connectivity index (χ2n) is 8.25. The topological polar surface area (TPSA) is 257 Å². The molecule has 0 bridgehead atoms. The van der Waals surface area contributed by atoms with Crippen molar-refractivity contribution in [2.75, 3.05) is 13.2 Å². The van der Waals surface area contributed by atoms with Crippen LogP contribution in [0.15, 0.2) is 0 Å². The molecule has 0 aromatic carbocycles. The van der Waals surface area contributed by atoms with Crippen LogP contribution in [0, 0.1) is 0 Å². The van der Waals surface area contributed by atoms with Crippen LogP contribution in [0.1, 0.15) is 6.42 Å². The van der Waals surface area contributed by atoms with Gasteiger partial charge in [0.05, 0.1) is 25.4 Å². The molecule has 8 unspecified atom stereocenters. The Balaban J connectivity index is 1.78. The van der Waals surface area contributed by atoms with Gasteiger partial charge in [-0.25, -0.2) is 0 Å². The van der Waals surface area contributed by atoms with E-state index in [2.05, 4.69) is 0 Å². The van der Waals surface area contributed by atoms with E-state index < -0.39 is 98.9 Å². The summed E-state index contributed by atoms with van der Waals surface area (Å²) in [5.41, 5.74) is 18.0. The largest absolute Gasteiger partial charge is 0.394 e. The fourth-order valence-electron chi connectivity index (χ4n) is 4.12. The number of hydrogen-bond donors (Lipinski definition) is 10. The third-order valence-corrected chi connectivity index (χ3v) is 6.07. The van der Waals surface area contributed by atoms with E-state index in [-0.39, 0.29) is 6.42 Å². The zero-order chi connectivity index (χ0) is 23.0. The van der Waals surface area contributed by atoms with Gasteiger partial charge in [0.25, 0.3) is 0 Å². The minimum atomic E-state index is -1.52. The summed E-state index contributed by atoms with van der Waals surface area (Å²) < 4.78 is 22.2. The van der Waals surface area contributed by atoms with Gasteiger partial charge in [-0.15, -0.1) is 0 Å². The third kappa shape index (κ3) is 4.87. The van der Waals surface area contributed by atoms with Gasteiger partial charge in [0.15, 0.2) is 12.6 Å². The molecule has 0 amide bonds. The summed E-state index contributed by atoms with van der Waals surface area (Å²) in [7, 11) is 0. The Morgan fingerprint density at radius 1 is 0.645 bits per heavy atom. The first-order valence-corrected chi connectivity index (χ1v) is 10.1. The van der Waals surface area contributed by atoms with Crippen molar-refractivity contribution in [1.29, 1.82) is 0 Å². The van der Waals surface area contributed by atoms with Crippen LogP contribution in [0.4, 0.5) is 0 Å².